The van der Waals surface area contributed by atoms with Crippen LogP contribution in [0.2, 0.25) is 10.0 Å². The second-order valence-electron chi connectivity index (χ2n) is 5.81. The minimum atomic E-state index is -0.172. The van der Waals surface area contributed by atoms with Crippen molar-refractivity contribution in [1.82, 2.24) is 15.1 Å². The van der Waals surface area contributed by atoms with Crippen LogP contribution in [0.3, 0.4) is 0 Å². The molecule has 0 atom stereocenters. The molecule has 0 unspecified atom stereocenters. The molecular formula is C19H16BrCl2N3O2. The van der Waals surface area contributed by atoms with Crippen LogP contribution in [0.4, 0.5) is 0 Å². The van der Waals surface area contributed by atoms with Crippen LogP contribution < -0.4 is 10.1 Å². The maximum atomic E-state index is 12.4. The van der Waals surface area contributed by atoms with E-state index in [4.69, 9.17) is 27.9 Å². The van der Waals surface area contributed by atoms with Crippen LogP contribution in [0.5, 0.6) is 5.75 Å². The van der Waals surface area contributed by atoms with Crippen molar-refractivity contribution in [2.24, 2.45) is 7.05 Å². The van der Waals surface area contributed by atoms with Crippen molar-refractivity contribution < 1.29 is 9.53 Å². The highest BCUT2D eigenvalue weighted by Crippen LogP contribution is 2.28. The summed E-state index contributed by atoms with van der Waals surface area (Å²) >= 11 is 15.4. The fraction of sp³-hybridized carbons (Fsp3) is 0.158. The van der Waals surface area contributed by atoms with Gasteiger partial charge in [0.05, 0.1) is 27.9 Å². The Morgan fingerprint density at radius 2 is 2.07 bits per heavy atom. The Morgan fingerprint density at radius 1 is 1.26 bits per heavy atom. The number of hydrogen-bond acceptors (Lipinski definition) is 3. The van der Waals surface area contributed by atoms with E-state index in [-0.39, 0.29) is 12.5 Å². The minimum absolute atomic E-state index is 0.172. The van der Waals surface area contributed by atoms with Gasteiger partial charge >= 0.3 is 0 Å². The number of rotatable bonds is 6. The third-order valence-electron chi connectivity index (χ3n) is 3.90. The lowest BCUT2D eigenvalue weighted by atomic mass is 10.1. The Hall–Kier alpha value is -2.02. The molecule has 1 amide bonds. The van der Waals surface area contributed by atoms with Crippen molar-refractivity contribution in [2.45, 2.75) is 13.2 Å². The Labute approximate surface area is 175 Å². The van der Waals surface area contributed by atoms with Gasteiger partial charge in [0.1, 0.15) is 12.4 Å². The van der Waals surface area contributed by atoms with Crippen molar-refractivity contribution in [1.29, 1.82) is 0 Å². The second kappa shape index (κ2) is 8.78. The number of halogens is 3. The van der Waals surface area contributed by atoms with Gasteiger partial charge in [-0.25, -0.2) is 0 Å². The number of carbonyl (C=O) groups excluding carboxylic acids is 1. The van der Waals surface area contributed by atoms with Crippen LogP contribution in [-0.4, -0.2) is 15.7 Å². The van der Waals surface area contributed by atoms with Crippen LogP contribution in [0.1, 0.15) is 21.6 Å². The average molecular weight is 469 g/mol. The van der Waals surface area contributed by atoms with E-state index in [9.17, 15) is 4.79 Å². The lowest BCUT2D eigenvalue weighted by Crippen LogP contribution is -2.24. The Kier molecular flexibility index (Phi) is 6.42. The van der Waals surface area contributed by atoms with E-state index in [1.807, 2.05) is 19.2 Å². The van der Waals surface area contributed by atoms with E-state index < -0.39 is 0 Å². The fourth-order valence-electron chi connectivity index (χ4n) is 2.46. The SMILES string of the molecule is Cn1ncc(Br)c1CNC(=O)c1cccc(COc2ccc(Cl)cc2Cl)c1. The van der Waals surface area contributed by atoms with Gasteiger partial charge in [-0.15, -0.1) is 0 Å². The maximum Gasteiger partial charge on any atom is 0.251 e. The number of amides is 1. The van der Waals surface area contributed by atoms with Crippen molar-refractivity contribution in [2.75, 3.05) is 0 Å². The van der Waals surface area contributed by atoms with Crippen LogP contribution in [0.15, 0.2) is 53.1 Å². The summed E-state index contributed by atoms with van der Waals surface area (Å²) in [7, 11) is 1.83. The highest BCUT2D eigenvalue weighted by Gasteiger charge is 2.11. The predicted octanol–water partition coefficient (Wildman–Crippen LogP) is 5.00. The van der Waals surface area contributed by atoms with Crippen LogP contribution in [0, 0.1) is 0 Å². The molecule has 0 spiro atoms. The summed E-state index contributed by atoms with van der Waals surface area (Å²) < 4.78 is 8.29. The second-order valence-corrected chi connectivity index (χ2v) is 7.51. The Morgan fingerprint density at radius 3 is 2.78 bits per heavy atom. The molecule has 0 aliphatic carbocycles. The van der Waals surface area contributed by atoms with E-state index in [1.165, 1.54) is 0 Å². The summed E-state index contributed by atoms with van der Waals surface area (Å²) in [6.07, 6.45) is 1.70. The first-order chi connectivity index (χ1) is 12.9. The van der Waals surface area contributed by atoms with Gasteiger partial charge in [-0.05, 0) is 51.8 Å². The summed E-state index contributed by atoms with van der Waals surface area (Å²) in [6.45, 7) is 0.660. The van der Waals surface area contributed by atoms with Gasteiger partial charge in [0.2, 0.25) is 0 Å². The first-order valence-electron chi connectivity index (χ1n) is 8.05. The quantitative estimate of drug-likeness (QED) is 0.553. The molecule has 1 aromatic heterocycles. The van der Waals surface area contributed by atoms with Gasteiger partial charge in [0.15, 0.2) is 0 Å². The van der Waals surface area contributed by atoms with E-state index in [0.29, 0.717) is 27.9 Å². The van der Waals surface area contributed by atoms with E-state index in [2.05, 4.69) is 26.3 Å². The highest BCUT2D eigenvalue weighted by atomic mass is 79.9. The molecular weight excluding hydrogens is 453 g/mol. The number of ether oxygens (including phenoxy) is 1. The van der Waals surface area contributed by atoms with Gasteiger partial charge < -0.3 is 10.1 Å². The Bertz CT molecular complexity index is 956. The van der Waals surface area contributed by atoms with Crippen molar-refractivity contribution in [3.8, 4) is 5.75 Å². The third-order valence-corrected chi connectivity index (χ3v) is 5.10. The summed E-state index contributed by atoms with van der Waals surface area (Å²) in [5, 5.41) is 8.01. The van der Waals surface area contributed by atoms with Gasteiger partial charge in [0, 0.05) is 17.6 Å². The van der Waals surface area contributed by atoms with Gasteiger partial charge in [-0.3, -0.25) is 9.48 Å². The molecule has 2 aromatic carbocycles. The number of nitrogens with one attached hydrogen (secondary N) is 1. The van der Waals surface area contributed by atoms with Crippen LogP contribution >= 0.6 is 39.1 Å². The van der Waals surface area contributed by atoms with Gasteiger partial charge in [0.25, 0.3) is 5.91 Å². The van der Waals surface area contributed by atoms with Gasteiger partial charge in [-0.2, -0.15) is 5.10 Å². The first-order valence-corrected chi connectivity index (χ1v) is 9.60. The normalized spacial score (nSPS) is 10.7. The number of benzene rings is 2. The van der Waals surface area contributed by atoms with Crippen molar-refractivity contribution in [3.63, 3.8) is 0 Å². The molecule has 8 heteroatoms. The van der Waals surface area contributed by atoms with Crippen LogP contribution in [-0.2, 0) is 20.2 Å². The molecule has 0 aliphatic rings. The number of nitrogens with zero attached hydrogens (tertiary/aromatic N) is 2. The average Bonchev–Trinajstić information content (AvgIpc) is 2.97. The highest BCUT2D eigenvalue weighted by molar-refractivity contribution is 9.10. The lowest BCUT2D eigenvalue weighted by Gasteiger charge is -2.10. The molecule has 3 aromatic rings. The molecule has 0 fully saturated rings. The molecule has 1 heterocycles. The number of carbonyl (C=O) groups is 1. The summed E-state index contributed by atoms with van der Waals surface area (Å²) in [6, 6.07) is 12.3. The summed E-state index contributed by atoms with van der Waals surface area (Å²) in [5.74, 6) is 0.367. The molecule has 140 valence electrons. The third kappa shape index (κ3) is 5.03. The first kappa shape index (κ1) is 19.7. The minimum Gasteiger partial charge on any atom is -0.487 e. The zero-order valence-corrected chi connectivity index (χ0v) is 17.5. The topological polar surface area (TPSA) is 56.2 Å². The maximum absolute atomic E-state index is 12.4. The zero-order valence-electron chi connectivity index (χ0n) is 14.4. The number of aromatic nitrogens is 2. The zero-order chi connectivity index (χ0) is 19.4. The molecule has 0 aliphatic heterocycles. The molecule has 1 N–H and O–H groups in total. The van der Waals surface area contributed by atoms with E-state index in [0.717, 1.165) is 15.7 Å². The lowest BCUT2D eigenvalue weighted by molar-refractivity contribution is 0.0950. The molecule has 0 radical (unpaired) electrons. The molecule has 0 saturated heterocycles. The fourth-order valence-corrected chi connectivity index (χ4v) is 3.41. The smallest absolute Gasteiger partial charge is 0.251 e. The molecule has 3 rings (SSSR count). The van der Waals surface area contributed by atoms with Crippen LogP contribution in [0.25, 0.3) is 0 Å². The summed E-state index contributed by atoms with van der Waals surface area (Å²) in [4.78, 5) is 12.4. The van der Waals surface area contributed by atoms with E-state index >= 15 is 0 Å². The van der Waals surface area contributed by atoms with Gasteiger partial charge in [-0.1, -0.05) is 35.3 Å². The number of aryl methyl sites for hydroxylation is 1. The van der Waals surface area contributed by atoms with E-state index in [1.54, 1.807) is 41.2 Å². The Balaban J connectivity index is 1.63. The molecule has 0 saturated carbocycles. The monoisotopic (exact) mass is 467 g/mol. The molecule has 5 nitrogen and oxygen atoms in total. The number of hydrogen-bond donors (Lipinski definition) is 1. The van der Waals surface area contributed by atoms with Crippen molar-refractivity contribution >= 4 is 45.0 Å². The van der Waals surface area contributed by atoms with Crippen molar-refractivity contribution in [3.05, 3.63) is 80.0 Å². The largest absolute Gasteiger partial charge is 0.487 e. The molecule has 27 heavy (non-hydrogen) atoms. The molecule has 0 bridgehead atoms. The predicted molar refractivity (Wildman–Crippen MR) is 109 cm³/mol. The standard InChI is InChI=1S/C19H16BrCl2N3O2/c1-25-17(15(20)9-24-25)10-23-19(26)13-4-2-3-12(7-13)11-27-18-6-5-14(21)8-16(18)22/h2-9H,10-11H2,1H3,(H,23,26). The summed E-state index contributed by atoms with van der Waals surface area (Å²) in [5.41, 5.74) is 2.30.